The van der Waals surface area contributed by atoms with Crippen molar-refractivity contribution >= 4 is 39.9 Å². The van der Waals surface area contributed by atoms with Gasteiger partial charge in [0.25, 0.3) is 5.91 Å². The largest absolute Gasteiger partial charge is 0.353 e. The number of halogens is 2. The molecule has 0 unspecified atom stereocenters. The zero-order valence-electron chi connectivity index (χ0n) is 14.8. The minimum atomic E-state index is -0.421. The summed E-state index contributed by atoms with van der Waals surface area (Å²) >= 11 is 6.19. The highest BCUT2D eigenvalue weighted by molar-refractivity contribution is 6.33. The van der Waals surface area contributed by atoms with Crippen LogP contribution in [-0.4, -0.2) is 33.9 Å². The number of anilines is 2. The highest BCUT2D eigenvalue weighted by atomic mass is 35.5. The molecule has 0 saturated carbocycles. The highest BCUT2D eigenvalue weighted by Crippen LogP contribution is 2.33. The smallest absolute Gasteiger partial charge is 0.257 e. The third-order valence-electron chi connectivity index (χ3n) is 4.68. The summed E-state index contributed by atoms with van der Waals surface area (Å²) in [4.78, 5) is 23.7. The van der Waals surface area contributed by atoms with Gasteiger partial charge < -0.3 is 10.2 Å². The number of hydrogen-bond donors (Lipinski definition) is 1. The van der Waals surface area contributed by atoms with Crippen LogP contribution >= 0.6 is 11.6 Å². The molecule has 1 aliphatic rings. The minimum absolute atomic E-state index is 0.0804. The number of amides is 1. The first-order chi connectivity index (χ1) is 13.0. The van der Waals surface area contributed by atoms with Crippen molar-refractivity contribution < 1.29 is 9.18 Å². The second-order valence-electron chi connectivity index (χ2n) is 6.62. The van der Waals surface area contributed by atoms with Gasteiger partial charge in [0.2, 0.25) is 0 Å². The molecule has 1 aliphatic heterocycles. The normalized spacial score (nSPS) is 14.0. The van der Waals surface area contributed by atoms with Gasteiger partial charge >= 0.3 is 0 Å². The molecule has 1 fully saturated rings. The second-order valence-corrected chi connectivity index (χ2v) is 7.03. The number of rotatable bonds is 3. The Hall–Kier alpha value is -2.73. The zero-order valence-corrected chi connectivity index (χ0v) is 15.6. The van der Waals surface area contributed by atoms with Crippen LogP contribution in [0.2, 0.25) is 5.02 Å². The molecule has 1 N–H and O–H groups in total. The van der Waals surface area contributed by atoms with Crippen molar-refractivity contribution in [1.29, 1.82) is 0 Å². The Morgan fingerprint density at radius 2 is 2.00 bits per heavy atom. The van der Waals surface area contributed by atoms with Crippen LogP contribution in [0.3, 0.4) is 0 Å². The number of benzene rings is 1. The lowest BCUT2D eigenvalue weighted by Gasteiger charge is -2.20. The van der Waals surface area contributed by atoms with Crippen LogP contribution in [0, 0.1) is 12.7 Å². The van der Waals surface area contributed by atoms with Gasteiger partial charge in [-0.15, -0.1) is 0 Å². The zero-order chi connectivity index (χ0) is 19.0. The van der Waals surface area contributed by atoms with Crippen molar-refractivity contribution in [1.82, 2.24) is 14.9 Å². The molecule has 0 atom stereocenters. The number of nitrogens with zero attached hydrogens (tertiary/aromatic N) is 3. The van der Waals surface area contributed by atoms with E-state index < -0.39 is 5.82 Å². The van der Waals surface area contributed by atoms with Crippen molar-refractivity contribution in [2.24, 2.45) is 0 Å². The van der Waals surface area contributed by atoms with Crippen LogP contribution in [0.15, 0.2) is 36.5 Å². The average molecular weight is 385 g/mol. The fourth-order valence-electron chi connectivity index (χ4n) is 3.28. The first-order valence-corrected chi connectivity index (χ1v) is 9.18. The molecule has 0 spiro atoms. The molecular weight excluding hydrogens is 367 g/mol. The molecule has 7 heteroatoms. The van der Waals surface area contributed by atoms with Crippen molar-refractivity contribution in [2.75, 3.05) is 18.4 Å². The van der Waals surface area contributed by atoms with E-state index in [4.69, 9.17) is 11.6 Å². The molecule has 138 valence electrons. The molecule has 0 aliphatic carbocycles. The highest BCUT2D eigenvalue weighted by Gasteiger charge is 2.24. The summed E-state index contributed by atoms with van der Waals surface area (Å²) in [5.41, 5.74) is 2.92. The Kier molecular flexibility index (Phi) is 4.66. The topological polar surface area (TPSA) is 58.1 Å². The van der Waals surface area contributed by atoms with Gasteiger partial charge in [-0.2, -0.15) is 0 Å². The van der Waals surface area contributed by atoms with E-state index in [2.05, 4.69) is 15.3 Å². The lowest BCUT2D eigenvalue weighted by molar-refractivity contribution is 0.0793. The van der Waals surface area contributed by atoms with Crippen molar-refractivity contribution in [3.8, 4) is 0 Å². The van der Waals surface area contributed by atoms with Gasteiger partial charge in [0.05, 0.1) is 22.0 Å². The molecule has 3 heterocycles. The van der Waals surface area contributed by atoms with Crippen LogP contribution in [0.25, 0.3) is 11.0 Å². The van der Waals surface area contributed by atoms with E-state index >= 15 is 0 Å². The molecule has 3 aromatic rings. The van der Waals surface area contributed by atoms with Crippen LogP contribution in [0.4, 0.5) is 15.8 Å². The lowest BCUT2D eigenvalue weighted by atomic mass is 10.1. The minimum Gasteiger partial charge on any atom is -0.353 e. The molecule has 4 rings (SSSR count). The Balaban J connectivity index is 1.85. The van der Waals surface area contributed by atoms with Crippen LogP contribution < -0.4 is 5.32 Å². The monoisotopic (exact) mass is 384 g/mol. The van der Waals surface area contributed by atoms with Crippen LogP contribution in [-0.2, 0) is 0 Å². The van der Waals surface area contributed by atoms with Gasteiger partial charge in [0, 0.05) is 30.4 Å². The fourth-order valence-corrected chi connectivity index (χ4v) is 3.50. The number of carbonyl (C=O) groups is 1. The molecule has 27 heavy (non-hydrogen) atoms. The molecule has 1 amide bonds. The molecule has 1 saturated heterocycles. The summed E-state index contributed by atoms with van der Waals surface area (Å²) in [5.74, 6) is -0.501. The van der Waals surface area contributed by atoms with Gasteiger partial charge in [-0.25, -0.2) is 14.4 Å². The lowest BCUT2D eigenvalue weighted by Crippen LogP contribution is -2.28. The number of pyridine rings is 2. The number of aromatic nitrogens is 2. The molecule has 2 aromatic heterocycles. The van der Waals surface area contributed by atoms with Gasteiger partial charge in [0.15, 0.2) is 5.65 Å². The summed E-state index contributed by atoms with van der Waals surface area (Å²) in [7, 11) is 0. The van der Waals surface area contributed by atoms with E-state index in [1.165, 1.54) is 12.1 Å². The summed E-state index contributed by atoms with van der Waals surface area (Å²) in [6.07, 6.45) is 3.55. The van der Waals surface area contributed by atoms with Crippen molar-refractivity contribution in [3.05, 3.63) is 58.6 Å². The summed E-state index contributed by atoms with van der Waals surface area (Å²) in [6.45, 7) is 3.36. The number of carbonyl (C=O) groups excluding carboxylic acids is 1. The Morgan fingerprint density at radius 3 is 2.74 bits per heavy atom. The van der Waals surface area contributed by atoms with E-state index in [9.17, 15) is 9.18 Å². The number of fused-ring (bicyclic) bond motifs is 1. The molecular formula is C20H18ClFN4O. The van der Waals surface area contributed by atoms with Gasteiger partial charge in [-0.1, -0.05) is 11.6 Å². The first kappa shape index (κ1) is 17.7. The van der Waals surface area contributed by atoms with E-state index in [1.54, 1.807) is 12.3 Å². The SMILES string of the molecule is Cc1ccc2c(Nc3ccc(F)cc3Cl)c(C(=O)N3CCCC3)cnc2n1. The quantitative estimate of drug-likeness (QED) is 0.710. The Labute approximate surface area is 161 Å². The first-order valence-electron chi connectivity index (χ1n) is 8.80. The summed E-state index contributed by atoms with van der Waals surface area (Å²) < 4.78 is 13.4. The summed E-state index contributed by atoms with van der Waals surface area (Å²) in [6, 6.07) is 7.85. The van der Waals surface area contributed by atoms with Crippen LogP contribution in [0.5, 0.6) is 0 Å². The third-order valence-corrected chi connectivity index (χ3v) is 5.00. The maximum absolute atomic E-state index is 13.4. The average Bonchev–Trinajstić information content (AvgIpc) is 3.18. The molecule has 0 radical (unpaired) electrons. The van der Waals surface area contributed by atoms with E-state index in [0.29, 0.717) is 28.0 Å². The van der Waals surface area contributed by atoms with Crippen molar-refractivity contribution in [3.63, 3.8) is 0 Å². The second kappa shape index (κ2) is 7.12. The van der Waals surface area contributed by atoms with E-state index in [1.807, 2.05) is 24.0 Å². The fraction of sp³-hybridized carbons (Fsp3) is 0.250. The summed E-state index contributed by atoms with van der Waals surface area (Å²) in [5, 5.41) is 4.16. The predicted octanol–water partition coefficient (Wildman–Crippen LogP) is 4.71. The number of nitrogens with one attached hydrogen (secondary N) is 1. The third kappa shape index (κ3) is 3.45. The van der Waals surface area contributed by atoms with E-state index in [-0.39, 0.29) is 10.9 Å². The Morgan fingerprint density at radius 1 is 1.22 bits per heavy atom. The van der Waals surface area contributed by atoms with Gasteiger partial charge in [-0.3, -0.25) is 4.79 Å². The standard InChI is InChI=1S/C20H18ClFN4O/c1-12-4-6-14-18(25-17-7-5-13(22)10-16(17)21)15(11-23-19(14)24-12)20(27)26-8-2-3-9-26/h4-7,10-11H,2-3,8-9H2,1H3,(H,23,24,25). The van der Waals surface area contributed by atoms with Gasteiger partial charge in [0.1, 0.15) is 5.82 Å². The molecule has 5 nitrogen and oxygen atoms in total. The molecule has 1 aromatic carbocycles. The number of likely N-dealkylation sites (tertiary alicyclic amines) is 1. The predicted molar refractivity (Wildman–Crippen MR) is 104 cm³/mol. The maximum Gasteiger partial charge on any atom is 0.257 e. The number of hydrogen-bond acceptors (Lipinski definition) is 4. The molecule has 0 bridgehead atoms. The maximum atomic E-state index is 13.4. The van der Waals surface area contributed by atoms with Crippen LogP contribution in [0.1, 0.15) is 28.9 Å². The van der Waals surface area contributed by atoms with Crippen molar-refractivity contribution in [2.45, 2.75) is 19.8 Å². The van der Waals surface area contributed by atoms with E-state index in [0.717, 1.165) is 31.6 Å². The van der Waals surface area contributed by atoms with Gasteiger partial charge in [-0.05, 0) is 50.1 Å². The Bertz CT molecular complexity index is 1030. The number of aryl methyl sites for hydroxylation is 1.